The fourth-order valence-electron chi connectivity index (χ4n) is 2.08. The van der Waals surface area contributed by atoms with Gasteiger partial charge in [0.15, 0.2) is 17.5 Å². The first-order valence-corrected chi connectivity index (χ1v) is 7.48. The molecule has 0 saturated carbocycles. The van der Waals surface area contributed by atoms with Crippen molar-refractivity contribution in [2.75, 3.05) is 40.5 Å². The molecule has 2 rings (SSSR count). The molecule has 1 aliphatic rings. The standard InChI is InChI=1S/C14H20BrN3O3.HI/c1-19-12-7-10(11(15)8-13(12)20-2)9-17-14(16)18-3-5-21-6-4-18;/h7-8H,3-6,9H2,1-2H3,(H2,16,17);1H. The Bertz CT molecular complexity index is 522. The zero-order valence-electron chi connectivity index (χ0n) is 12.7. The van der Waals surface area contributed by atoms with Crippen molar-refractivity contribution in [3.05, 3.63) is 22.2 Å². The van der Waals surface area contributed by atoms with Crippen molar-refractivity contribution in [1.82, 2.24) is 4.90 Å². The first-order chi connectivity index (χ1) is 10.2. The number of aliphatic imine (C=N–C) groups is 1. The van der Waals surface area contributed by atoms with Crippen LogP contribution in [0, 0.1) is 0 Å². The van der Waals surface area contributed by atoms with Gasteiger partial charge in [-0.2, -0.15) is 0 Å². The lowest BCUT2D eigenvalue weighted by Gasteiger charge is -2.27. The monoisotopic (exact) mass is 485 g/mol. The van der Waals surface area contributed by atoms with Gasteiger partial charge in [-0.25, -0.2) is 4.99 Å². The van der Waals surface area contributed by atoms with Crippen molar-refractivity contribution in [3.63, 3.8) is 0 Å². The van der Waals surface area contributed by atoms with Crippen molar-refractivity contribution in [2.45, 2.75) is 6.54 Å². The summed E-state index contributed by atoms with van der Waals surface area (Å²) in [6.07, 6.45) is 0. The first-order valence-electron chi connectivity index (χ1n) is 6.68. The van der Waals surface area contributed by atoms with E-state index in [0.29, 0.717) is 37.2 Å². The highest BCUT2D eigenvalue weighted by molar-refractivity contribution is 14.0. The second-order valence-corrected chi connectivity index (χ2v) is 5.43. The predicted molar refractivity (Wildman–Crippen MR) is 100 cm³/mol. The maximum absolute atomic E-state index is 6.02. The molecule has 0 amide bonds. The number of benzene rings is 1. The molecule has 8 heteroatoms. The van der Waals surface area contributed by atoms with E-state index in [9.17, 15) is 0 Å². The minimum atomic E-state index is 0. The van der Waals surface area contributed by atoms with Gasteiger partial charge in [0.2, 0.25) is 0 Å². The third kappa shape index (κ3) is 4.88. The molecule has 1 aromatic carbocycles. The van der Waals surface area contributed by atoms with Crippen LogP contribution in [-0.4, -0.2) is 51.4 Å². The van der Waals surface area contributed by atoms with Gasteiger partial charge >= 0.3 is 0 Å². The van der Waals surface area contributed by atoms with Gasteiger partial charge in [0.05, 0.1) is 34.0 Å². The molecule has 1 aromatic rings. The lowest BCUT2D eigenvalue weighted by atomic mass is 10.2. The Labute approximate surface area is 156 Å². The van der Waals surface area contributed by atoms with Gasteiger partial charge in [-0.05, 0) is 17.7 Å². The summed E-state index contributed by atoms with van der Waals surface area (Å²) < 4.78 is 16.8. The Morgan fingerprint density at radius 3 is 2.45 bits per heavy atom. The summed E-state index contributed by atoms with van der Waals surface area (Å²) in [5.41, 5.74) is 7.01. The summed E-state index contributed by atoms with van der Waals surface area (Å²) in [6, 6.07) is 3.77. The minimum Gasteiger partial charge on any atom is -0.493 e. The Morgan fingerprint density at radius 1 is 1.27 bits per heavy atom. The number of ether oxygens (including phenoxy) is 3. The van der Waals surface area contributed by atoms with Crippen LogP contribution in [0.25, 0.3) is 0 Å². The topological polar surface area (TPSA) is 69.3 Å². The van der Waals surface area contributed by atoms with Crippen molar-refractivity contribution in [2.24, 2.45) is 10.7 Å². The molecule has 1 aliphatic heterocycles. The molecule has 0 atom stereocenters. The molecular weight excluding hydrogens is 465 g/mol. The molecule has 1 heterocycles. The number of hydrogen-bond acceptors (Lipinski definition) is 4. The van der Waals surface area contributed by atoms with Gasteiger partial charge < -0.3 is 24.8 Å². The zero-order valence-corrected chi connectivity index (χ0v) is 16.6. The van der Waals surface area contributed by atoms with Crippen LogP contribution in [0.3, 0.4) is 0 Å². The van der Waals surface area contributed by atoms with Gasteiger partial charge in [0, 0.05) is 17.6 Å². The number of hydrogen-bond donors (Lipinski definition) is 1. The van der Waals surface area contributed by atoms with E-state index in [0.717, 1.165) is 23.1 Å². The summed E-state index contributed by atoms with van der Waals surface area (Å²) in [5.74, 6) is 1.90. The van der Waals surface area contributed by atoms with Gasteiger partial charge in [-0.15, -0.1) is 24.0 Å². The highest BCUT2D eigenvalue weighted by Gasteiger charge is 2.13. The summed E-state index contributed by atoms with van der Waals surface area (Å²) in [7, 11) is 3.22. The van der Waals surface area contributed by atoms with Gasteiger partial charge in [0.1, 0.15) is 0 Å². The number of methoxy groups -OCH3 is 2. The number of nitrogens with zero attached hydrogens (tertiary/aromatic N) is 2. The fourth-order valence-corrected chi connectivity index (χ4v) is 2.52. The highest BCUT2D eigenvalue weighted by Crippen LogP contribution is 2.33. The molecule has 2 N–H and O–H groups in total. The molecule has 22 heavy (non-hydrogen) atoms. The lowest BCUT2D eigenvalue weighted by molar-refractivity contribution is 0.0674. The summed E-state index contributed by atoms with van der Waals surface area (Å²) in [4.78, 5) is 6.47. The number of rotatable bonds is 4. The highest BCUT2D eigenvalue weighted by atomic mass is 127. The maximum atomic E-state index is 6.02. The number of morpholine rings is 1. The fraction of sp³-hybridized carbons (Fsp3) is 0.500. The third-order valence-electron chi connectivity index (χ3n) is 3.30. The average Bonchev–Trinajstić information content (AvgIpc) is 2.53. The molecule has 0 aliphatic carbocycles. The quantitative estimate of drug-likeness (QED) is 0.402. The van der Waals surface area contributed by atoms with E-state index in [1.165, 1.54) is 0 Å². The SMILES string of the molecule is COc1cc(Br)c(CN=C(N)N2CCOCC2)cc1OC.I. The number of halogens is 2. The molecule has 1 fully saturated rings. The van der Waals surface area contributed by atoms with Gasteiger partial charge in [-0.1, -0.05) is 15.9 Å². The van der Waals surface area contributed by atoms with Crippen molar-refractivity contribution >= 4 is 45.9 Å². The average molecular weight is 486 g/mol. The van der Waals surface area contributed by atoms with Crippen molar-refractivity contribution in [3.8, 4) is 11.5 Å². The van der Waals surface area contributed by atoms with Crippen LogP contribution >= 0.6 is 39.9 Å². The van der Waals surface area contributed by atoms with Crippen LogP contribution in [0.1, 0.15) is 5.56 Å². The summed E-state index contributed by atoms with van der Waals surface area (Å²) in [5, 5.41) is 0. The van der Waals surface area contributed by atoms with E-state index in [2.05, 4.69) is 20.9 Å². The number of nitrogens with two attached hydrogens (primary N) is 1. The Hall–Kier alpha value is -0.740. The second-order valence-electron chi connectivity index (χ2n) is 4.57. The normalized spacial score (nSPS) is 15.2. The second kappa shape index (κ2) is 9.41. The van der Waals surface area contributed by atoms with Crippen LogP contribution in [0.5, 0.6) is 11.5 Å². The first kappa shape index (κ1) is 19.3. The molecule has 0 radical (unpaired) electrons. The molecule has 6 nitrogen and oxygen atoms in total. The van der Waals surface area contributed by atoms with Crippen LogP contribution in [0.4, 0.5) is 0 Å². The Balaban J connectivity index is 0.00000242. The van der Waals surface area contributed by atoms with E-state index in [1.54, 1.807) is 14.2 Å². The van der Waals surface area contributed by atoms with Crippen LogP contribution in [-0.2, 0) is 11.3 Å². The Morgan fingerprint density at radius 2 is 1.86 bits per heavy atom. The molecule has 1 saturated heterocycles. The van der Waals surface area contributed by atoms with Gasteiger partial charge in [-0.3, -0.25) is 0 Å². The zero-order chi connectivity index (χ0) is 15.2. The van der Waals surface area contributed by atoms with Crippen molar-refractivity contribution < 1.29 is 14.2 Å². The third-order valence-corrected chi connectivity index (χ3v) is 4.04. The smallest absolute Gasteiger partial charge is 0.191 e. The van der Waals surface area contributed by atoms with Gasteiger partial charge in [0.25, 0.3) is 0 Å². The molecule has 124 valence electrons. The molecule has 0 unspecified atom stereocenters. The number of guanidine groups is 1. The predicted octanol–water partition coefficient (Wildman–Crippen LogP) is 2.23. The van der Waals surface area contributed by atoms with E-state index in [1.807, 2.05) is 17.0 Å². The van der Waals surface area contributed by atoms with E-state index in [-0.39, 0.29) is 24.0 Å². The molecule has 0 bridgehead atoms. The minimum absolute atomic E-state index is 0. The molecule has 0 spiro atoms. The van der Waals surface area contributed by atoms with Crippen LogP contribution < -0.4 is 15.2 Å². The lowest BCUT2D eigenvalue weighted by Crippen LogP contribution is -2.44. The van der Waals surface area contributed by atoms with Crippen LogP contribution in [0.2, 0.25) is 0 Å². The van der Waals surface area contributed by atoms with E-state index >= 15 is 0 Å². The van der Waals surface area contributed by atoms with Crippen LogP contribution in [0.15, 0.2) is 21.6 Å². The van der Waals surface area contributed by atoms with E-state index < -0.39 is 0 Å². The molecule has 0 aromatic heterocycles. The summed E-state index contributed by atoms with van der Waals surface area (Å²) >= 11 is 3.52. The van der Waals surface area contributed by atoms with Crippen molar-refractivity contribution in [1.29, 1.82) is 0 Å². The molecular formula is C14H21BrIN3O3. The largest absolute Gasteiger partial charge is 0.493 e. The van der Waals surface area contributed by atoms with E-state index in [4.69, 9.17) is 19.9 Å². The summed E-state index contributed by atoms with van der Waals surface area (Å²) in [6.45, 7) is 3.42. The Kier molecular flexibility index (Phi) is 8.26. The maximum Gasteiger partial charge on any atom is 0.191 e.